The van der Waals surface area contributed by atoms with Crippen LogP contribution in [0, 0.1) is 0 Å². The van der Waals surface area contributed by atoms with Crippen LogP contribution in [0.2, 0.25) is 0 Å². The summed E-state index contributed by atoms with van der Waals surface area (Å²) in [5.74, 6) is 0.624. The van der Waals surface area contributed by atoms with Crippen LogP contribution in [-0.2, 0) is 11.2 Å². The van der Waals surface area contributed by atoms with E-state index in [-0.39, 0.29) is 0 Å². The van der Waals surface area contributed by atoms with Gasteiger partial charge in [0, 0.05) is 31.1 Å². The molecule has 1 aliphatic heterocycles. The number of piperidine rings is 1. The number of phenolic OH excluding ortho intramolecular Hbond substituents is 1. The van der Waals surface area contributed by atoms with Gasteiger partial charge in [0.15, 0.2) is 0 Å². The van der Waals surface area contributed by atoms with Crippen LogP contribution in [0.4, 0.5) is 0 Å². The van der Waals surface area contributed by atoms with Crippen molar-refractivity contribution in [3.63, 3.8) is 0 Å². The Labute approximate surface area is 125 Å². The normalized spacial score (nSPS) is 20.9. The third-order valence-corrected chi connectivity index (χ3v) is 4.17. The van der Waals surface area contributed by atoms with Crippen molar-refractivity contribution in [2.45, 2.75) is 38.1 Å². The van der Waals surface area contributed by atoms with Crippen LogP contribution in [0.25, 0.3) is 6.08 Å². The lowest BCUT2D eigenvalue weighted by Crippen LogP contribution is -2.33. The summed E-state index contributed by atoms with van der Waals surface area (Å²) in [6, 6.07) is 6.24. The fraction of sp³-hybridized carbons (Fsp3) is 0.389. The van der Waals surface area contributed by atoms with Crippen molar-refractivity contribution in [1.82, 2.24) is 4.90 Å². The molecule has 0 atom stereocenters. The number of likely N-dealkylation sites (tertiary alicyclic amines) is 1. The van der Waals surface area contributed by atoms with Crippen molar-refractivity contribution in [2.24, 2.45) is 0 Å². The first-order chi connectivity index (χ1) is 10.2. The van der Waals surface area contributed by atoms with Gasteiger partial charge in [-0.05, 0) is 48.6 Å². The summed E-state index contributed by atoms with van der Waals surface area (Å²) in [5.41, 5.74) is 3.04. The summed E-state index contributed by atoms with van der Waals surface area (Å²) in [6.07, 6.45) is 8.22. The van der Waals surface area contributed by atoms with Gasteiger partial charge in [0.05, 0.1) is 0 Å². The van der Waals surface area contributed by atoms with Crippen molar-refractivity contribution >= 4 is 11.9 Å². The summed E-state index contributed by atoms with van der Waals surface area (Å²) >= 11 is 0. The molecular weight excluding hydrogens is 262 g/mol. The maximum atomic E-state index is 11.8. The molecule has 1 aliphatic carbocycles. The SMILES string of the molecule is C=CCc1cc(C=C2CC(=O)CCN2C2CC2)ccc1O. The molecule has 0 aromatic heterocycles. The summed E-state index contributed by atoms with van der Waals surface area (Å²) in [7, 11) is 0. The second-order valence-corrected chi connectivity index (χ2v) is 5.91. The molecule has 1 aromatic rings. The number of hydrogen-bond donors (Lipinski definition) is 1. The lowest BCUT2D eigenvalue weighted by Gasteiger charge is -2.31. The van der Waals surface area contributed by atoms with Gasteiger partial charge in [-0.3, -0.25) is 4.79 Å². The Kier molecular flexibility index (Phi) is 3.82. The van der Waals surface area contributed by atoms with E-state index in [9.17, 15) is 9.90 Å². The van der Waals surface area contributed by atoms with Crippen molar-refractivity contribution < 1.29 is 9.90 Å². The van der Waals surface area contributed by atoms with Crippen LogP contribution in [0.15, 0.2) is 36.6 Å². The monoisotopic (exact) mass is 283 g/mol. The summed E-state index contributed by atoms with van der Waals surface area (Å²) < 4.78 is 0. The lowest BCUT2D eigenvalue weighted by molar-refractivity contribution is -0.120. The molecule has 0 unspecified atom stereocenters. The van der Waals surface area contributed by atoms with Gasteiger partial charge in [-0.15, -0.1) is 6.58 Å². The molecule has 1 N–H and O–H groups in total. The average molecular weight is 283 g/mol. The standard InChI is InChI=1S/C18H21NO2/c1-2-3-14-10-13(4-7-18(14)21)11-16-12-17(20)8-9-19(16)15-5-6-15/h2,4,7,10-11,15,21H,1,3,5-6,8-9,12H2. The largest absolute Gasteiger partial charge is 0.508 e. The zero-order valence-electron chi connectivity index (χ0n) is 12.2. The number of hydrogen-bond acceptors (Lipinski definition) is 3. The number of benzene rings is 1. The summed E-state index contributed by atoms with van der Waals surface area (Å²) in [6.45, 7) is 4.57. The number of rotatable bonds is 4. The van der Waals surface area contributed by atoms with E-state index in [2.05, 4.69) is 17.6 Å². The predicted molar refractivity (Wildman–Crippen MR) is 84.0 cm³/mol. The minimum absolute atomic E-state index is 0.302. The third-order valence-electron chi connectivity index (χ3n) is 4.17. The van der Waals surface area contributed by atoms with Gasteiger partial charge in [0.2, 0.25) is 0 Å². The minimum atomic E-state index is 0.302. The Morgan fingerprint density at radius 3 is 2.90 bits per heavy atom. The molecular formula is C18H21NO2. The van der Waals surface area contributed by atoms with E-state index in [1.807, 2.05) is 12.1 Å². The van der Waals surface area contributed by atoms with Gasteiger partial charge >= 0.3 is 0 Å². The highest BCUT2D eigenvalue weighted by Gasteiger charge is 2.33. The molecule has 0 amide bonds. The molecule has 1 saturated carbocycles. The second-order valence-electron chi connectivity index (χ2n) is 5.91. The molecule has 2 fully saturated rings. The van der Waals surface area contributed by atoms with Crippen molar-refractivity contribution in [1.29, 1.82) is 0 Å². The quantitative estimate of drug-likeness (QED) is 0.862. The number of nitrogens with zero attached hydrogens (tertiary/aromatic N) is 1. The summed E-state index contributed by atoms with van der Waals surface area (Å²) in [4.78, 5) is 14.1. The Morgan fingerprint density at radius 1 is 1.38 bits per heavy atom. The van der Waals surface area contributed by atoms with Crippen LogP contribution in [-0.4, -0.2) is 28.4 Å². The molecule has 3 nitrogen and oxygen atoms in total. The van der Waals surface area contributed by atoms with Gasteiger partial charge in [0.1, 0.15) is 11.5 Å². The van der Waals surface area contributed by atoms with Gasteiger partial charge in [-0.25, -0.2) is 0 Å². The fourth-order valence-corrected chi connectivity index (χ4v) is 2.92. The molecule has 3 rings (SSSR count). The van der Waals surface area contributed by atoms with Gasteiger partial charge < -0.3 is 10.0 Å². The number of allylic oxidation sites excluding steroid dienone is 2. The lowest BCUT2D eigenvalue weighted by atomic mass is 10.0. The van der Waals surface area contributed by atoms with E-state index < -0.39 is 0 Å². The summed E-state index contributed by atoms with van der Waals surface area (Å²) in [5, 5.41) is 9.83. The molecule has 0 spiro atoms. The molecule has 110 valence electrons. The maximum absolute atomic E-state index is 11.8. The van der Waals surface area contributed by atoms with Gasteiger partial charge in [-0.2, -0.15) is 0 Å². The van der Waals surface area contributed by atoms with Crippen LogP contribution >= 0.6 is 0 Å². The number of aromatic hydroxyl groups is 1. The number of phenols is 1. The van der Waals surface area contributed by atoms with E-state index in [0.29, 0.717) is 36.8 Å². The Morgan fingerprint density at radius 2 is 2.19 bits per heavy atom. The molecule has 2 aliphatic rings. The first-order valence-electron chi connectivity index (χ1n) is 7.59. The number of ketones is 1. The van der Waals surface area contributed by atoms with Gasteiger partial charge in [-0.1, -0.05) is 12.1 Å². The number of Topliss-reactive ketones (excluding diaryl/α,β-unsaturated/α-hetero) is 1. The first kappa shape index (κ1) is 13.9. The zero-order chi connectivity index (χ0) is 14.8. The zero-order valence-corrected chi connectivity index (χ0v) is 12.2. The van der Waals surface area contributed by atoms with E-state index in [1.54, 1.807) is 12.1 Å². The molecule has 21 heavy (non-hydrogen) atoms. The Hall–Kier alpha value is -2.03. The van der Waals surface area contributed by atoms with Crippen LogP contribution < -0.4 is 0 Å². The molecule has 1 heterocycles. The molecule has 3 heteroatoms. The molecule has 0 bridgehead atoms. The average Bonchev–Trinajstić information content (AvgIpc) is 3.27. The highest BCUT2D eigenvalue weighted by molar-refractivity contribution is 5.83. The number of carbonyl (C=O) groups is 1. The minimum Gasteiger partial charge on any atom is -0.508 e. The van der Waals surface area contributed by atoms with E-state index in [1.165, 1.54) is 12.8 Å². The van der Waals surface area contributed by atoms with Crippen molar-refractivity contribution in [2.75, 3.05) is 6.54 Å². The Bertz CT molecular complexity index is 599. The molecule has 1 aromatic carbocycles. The molecule has 0 radical (unpaired) electrons. The van der Waals surface area contributed by atoms with Crippen LogP contribution in [0.1, 0.15) is 36.8 Å². The first-order valence-corrected chi connectivity index (χ1v) is 7.59. The predicted octanol–water partition coefficient (Wildman–Crippen LogP) is 3.29. The molecule has 1 saturated heterocycles. The van der Waals surface area contributed by atoms with E-state index in [4.69, 9.17) is 0 Å². The maximum Gasteiger partial charge on any atom is 0.140 e. The van der Waals surface area contributed by atoms with Crippen molar-refractivity contribution in [3.8, 4) is 5.75 Å². The number of carbonyl (C=O) groups excluding carboxylic acids is 1. The smallest absolute Gasteiger partial charge is 0.140 e. The van der Waals surface area contributed by atoms with E-state index >= 15 is 0 Å². The Balaban J connectivity index is 1.89. The second kappa shape index (κ2) is 5.76. The van der Waals surface area contributed by atoms with Crippen LogP contribution in [0.3, 0.4) is 0 Å². The fourth-order valence-electron chi connectivity index (χ4n) is 2.92. The van der Waals surface area contributed by atoms with Gasteiger partial charge in [0.25, 0.3) is 0 Å². The highest BCUT2D eigenvalue weighted by atomic mass is 16.3. The third kappa shape index (κ3) is 3.18. The highest BCUT2D eigenvalue weighted by Crippen LogP contribution is 2.34. The van der Waals surface area contributed by atoms with Crippen LogP contribution in [0.5, 0.6) is 5.75 Å². The van der Waals surface area contributed by atoms with E-state index in [0.717, 1.165) is 23.4 Å². The topological polar surface area (TPSA) is 40.5 Å². The van der Waals surface area contributed by atoms with Crippen molar-refractivity contribution in [3.05, 3.63) is 47.7 Å².